The second-order valence-corrected chi connectivity index (χ2v) is 10.9. The average Bonchev–Trinajstić information content (AvgIpc) is 3.66. The summed E-state index contributed by atoms with van der Waals surface area (Å²) in [4.78, 5) is 26.1. The molecular formula is C28H22N4O4S4. The molecule has 202 valence electrons. The Morgan fingerprint density at radius 3 is 1.38 bits per heavy atom. The smallest absolute Gasteiger partial charge is 0.250 e. The van der Waals surface area contributed by atoms with Crippen LogP contribution in [0, 0.1) is 0 Å². The van der Waals surface area contributed by atoms with Crippen LogP contribution >= 0.6 is 46.0 Å². The SMILES string of the molecule is O=C(C=Cc1ccco1)NC(=S)Nc1ccc(SSc2ccc(NC(=S)NC(=O)C=Cc3ccco3)cc2)cc1. The third kappa shape index (κ3) is 9.89. The Labute approximate surface area is 249 Å². The molecule has 0 saturated carbocycles. The molecule has 0 fully saturated rings. The molecule has 2 aromatic heterocycles. The fourth-order valence-corrected chi connectivity index (χ4v) is 5.37. The predicted octanol–water partition coefficient (Wildman–Crippen LogP) is 6.72. The minimum Gasteiger partial charge on any atom is -0.465 e. The number of benzene rings is 2. The molecule has 2 heterocycles. The Morgan fingerprint density at radius 2 is 1.02 bits per heavy atom. The molecule has 0 saturated heterocycles. The van der Waals surface area contributed by atoms with Crippen LogP contribution in [0.1, 0.15) is 11.5 Å². The van der Waals surface area contributed by atoms with Gasteiger partial charge in [-0.3, -0.25) is 20.2 Å². The van der Waals surface area contributed by atoms with Crippen molar-refractivity contribution >= 4 is 91.6 Å². The summed E-state index contributed by atoms with van der Waals surface area (Å²) < 4.78 is 10.3. The quantitative estimate of drug-likeness (QED) is 0.0931. The van der Waals surface area contributed by atoms with Crippen molar-refractivity contribution in [2.45, 2.75) is 9.79 Å². The maximum absolute atomic E-state index is 12.0. The highest BCUT2D eigenvalue weighted by Gasteiger charge is 2.05. The van der Waals surface area contributed by atoms with Gasteiger partial charge in [0.25, 0.3) is 0 Å². The highest BCUT2D eigenvalue weighted by Crippen LogP contribution is 2.38. The van der Waals surface area contributed by atoms with E-state index in [2.05, 4.69) is 21.3 Å². The first-order chi connectivity index (χ1) is 19.4. The molecular weight excluding hydrogens is 585 g/mol. The summed E-state index contributed by atoms with van der Waals surface area (Å²) in [7, 11) is 3.20. The van der Waals surface area contributed by atoms with Crippen molar-refractivity contribution in [3.05, 3.63) is 109 Å². The zero-order valence-electron chi connectivity index (χ0n) is 20.7. The summed E-state index contributed by atoms with van der Waals surface area (Å²) in [5, 5.41) is 11.6. The molecule has 0 aliphatic heterocycles. The number of thiocarbonyl (C=S) groups is 2. The Hall–Kier alpha value is -4.10. The van der Waals surface area contributed by atoms with Gasteiger partial charge in [-0.05, 0) is 109 Å². The number of furan rings is 2. The van der Waals surface area contributed by atoms with Crippen molar-refractivity contribution in [1.29, 1.82) is 0 Å². The number of rotatable bonds is 9. The van der Waals surface area contributed by atoms with Gasteiger partial charge in [0.2, 0.25) is 11.8 Å². The molecule has 2 aromatic carbocycles. The molecule has 0 aliphatic rings. The number of anilines is 2. The van der Waals surface area contributed by atoms with Crippen molar-refractivity contribution in [2.75, 3.05) is 10.6 Å². The number of amides is 2. The lowest BCUT2D eigenvalue weighted by Crippen LogP contribution is -2.32. The molecule has 0 bridgehead atoms. The van der Waals surface area contributed by atoms with E-state index in [1.54, 1.807) is 58.0 Å². The van der Waals surface area contributed by atoms with E-state index in [9.17, 15) is 9.59 Å². The normalized spacial score (nSPS) is 10.9. The van der Waals surface area contributed by atoms with E-state index < -0.39 is 0 Å². The molecule has 40 heavy (non-hydrogen) atoms. The summed E-state index contributed by atoms with van der Waals surface area (Å²) in [6, 6.07) is 22.3. The minimum absolute atomic E-state index is 0.196. The number of nitrogens with one attached hydrogen (secondary N) is 4. The van der Waals surface area contributed by atoms with Gasteiger partial charge in [-0.15, -0.1) is 0 Å². The van der Waals surface area contributed by atoms with Crippen molar-refractivity contribution in [2.24, 2.45) is 0 Å². The zero-order chi connectivity index (χ0) is 28.2. The predicted molar refractivity (Wildman–Crippen MR) is 169 cm³/mol. The lowest BCUT2D eigenvalue weighted by molar-refractivity contribution is -0.115. The van der Waals surface area contributed by atoms with E-state index >= 15 is 0 Å². The van der Waals surface area contributed by atoms with Gasteiger partial charge in [-0.25, -0.2) is 0 Å². The molecule has 0 aliphatic carbocycles. The molecule has 0 radical (unpaired) electrons. The minimum atomic E-state index is -0.358. The molecule has 4 aromatic rings. The monoisotopic (exact) mass is 606 g/mol. The lowest BCUT2D eigenvalue weighted by atomic mass is 10.3. The third-order valence-electron chi connectivity index (χ3n) is 4.82. The van der Waals surface area contributed by atoms with Crippen molar-refractivity contribution in [3.63, 3.8) is 0 Å². The maximum Gasteiger partial charge on any atom is 0.250 e. The van der Waals surface area contributed by atoms with Gasteiger partial charge in [-0.2, -0.15) is 0 Å². The second-order valence-electron chi connectivity index (χ2n) is 7.80. The van der Waals surface area contributed by atoms with Crippen LogP contribution in [0.15, 0.2) is 116 Å². The summed E-state index contributed by atoms with van der Waals surface area (Å²) >= 11 is 10.4. The topological polar surface area (TPSA) is 109 Å². The van der Waals surface area contributed by atoms with Crippen LogP contribution in [-0.2, 0) is 9.59 Å². The fourth-order valence-electron chi connectivity index (χ4n) is 3.00. The average molecular weight is 607 g/mol. The molecule has 4 N–H and O–H groups in total. The highest BCUT2D eigenvalue weighted by molar-refractivity contribution is 8.76. The number of hydrogen-bond donors (Lipinski definition) is 4. The van der Waals surface area contributed by atoms with Crippen LogP contribution < -0.4 is 21.3 Å². The standard InChI is InChI=1S/C28H22N4O4S4/c33-25(15-9-21-3-1-17-35-21)31-27(37)29-19-5-11-23(12-6-19)39-40-24-13-7-20(8-14-24)30-28(38)32-26(34)16-10-22-4-2-18-36-22/h1-18H,(H2,29,31,33,37)(H2,30,32,34,38). The summed E-state index contributed by atoms with van der Waals surface area (Å²) in [5.74, 6) is 0.438. The number of carbonyl (C=O) groups is 2. The van der Waals surface area contributed by atoms with Crippen LogP contribution in [0.4, 0.5) is 11.4 Å². The van der Waals surface area contributed by atoms with Crippen LogP contribution in [0.25, 0.3) is 12.2 Å². The van der Waals surface area contributed by atoms with Crippen molar-refractivity contribution in [1.82, 2.24) is 10.6 Å². The molecule has 12 heteroatoms. The van der Waals surface area contributed by atoms with Crippen LogP contribution in [-0.4, -0.2) is 22.0 Å². The maximum atomic E-state index is 12.0. The van der Waals surface area contributed by atoms with Gasteiger partial charge < -0.3 is 19.5 Å². The van der Waals surface area contributed by atoms with Gasteiger partial charge >= 0.3 is 0 Å². The molecule has 0 unspecified atom stereocenters. The van der Waals surface area contributed by atoms with E-state index in [0.717, 1.165) is 21.2 Å². The highest BCUT2D eigenvalue weighted by atomic mass is 33.1. The Kier molecular flexibility index (Phi) is 10.8. The van der Waals surface area contributed by atoms with E-state index in [4.69, 9.17) is 33.3 Å². The fraction of sp³-hybridized carbons (Fsp3) is 0. The summed E-state index contributed by atoms with van der Waals surface area (Å²) in [6.07, 6.45) is 8.88. The van der Waals surface area contributed by atoms with E-state index in [0.29, 0.717) is 11.5 Å². The van der Waals surface area contributed by atoms with Crippen LogP contribution in [0.3, 0.4) is 0 Å². The first-order valence-corrected chi connectivity index (χ1v) is 14.6. The second kappa shape index (κ2) is 14.9. The largest absolute Gasteiger partial charge is 0.465 e. The Morgan fingerprint density at radius 1 is 0.625 bits per heavy atom. The van der Waals surface area contributed by atoms with Gasteiger partial charge in [0.15, 0.2) is 10.2 Å². The van der Waals surface area contributed by atoms with Gasteiger partial charge in [0.1, 0.15) is 11.5 Å². The number of hydrogen-bond acceptors (Lipinski definition) is 8. The van der Waals surface area contributed by atoms with Crippen molar-refractivity contribution < 1.29 is 18.4 Å². The summed E-state index contributed by atoms with van der Waals surface area (Å²) in [6.45, 7) is 0. The first kappa shape index (κ1) is 28.9. The van der Waals surface area contributed by atoms with Crippen LogP contribution in [0.2, 0.25) is 0 Å². The summed E-state index contributed by atoms with van der Waals surface area (Å²) in [5.41, 5.74) is 1.51. The van der Waals surface area contributed by atoms with E-state index in [1.165, 1.54) is 24.7 Å². The van der Waals surface area contributed by atoms with E-state index in [1.807, 2.05) is 48.5 Å². The Bertz CT molecular complexity index is 1380. The molecule has 0 spiro atoms. The first-order valence-electron chi connectivity index (χ1n) is 11.6. The van der Waals surface area contributed by atoms with Gasteiger partial charge in [0.05, 0.1) is 12.5 Å². The zero-order valence-corrected chi connectivity index (χ0v) is 23.9. The van der Waals surface area contributed by atoms with Gasteiger partial charge in [0, 0.05) is 33.3 Å². The molecule has 2 amide bonds. The molecule has 8 nitrogen and oxygen atoms in total. The lowest BCUT2D eigenvalue weighted by Gasteiger charge is -2.10. The Balaban J connectivity index is 1.17. The molecule has 0 atom stereocenters. The molecule has 4 rings (SSSR count). The van der Waals surface area contributed by atoms with E-state index in [-0.39, 0.29) is 22.0 Å². The van der Waals surface area contributed by atoms with Crippen molar-refractivity contribution in [3.8, 4) is 0 Å². The number of carbonyl (C=O) groups excluding carboxylic acids is 2. The third-order valence-corrected chi connectivity index (χ3v) is 7.64. The van der Waals surface area contributed by atoms with Crippen LogP contribution in [0.5, 0.6) is 0 Å². The van der Waals surface area contributed by atoms with Gasteiger partial charge in [-0.1, -0.05) is 21.6 Å².